The quantitative estimate of drug-likeness (QED) is 0.510. The summed E-state index contributed by atoms with van der Waals surface area (Å²) in [5, 5.41) is 4.40. The Labute approximate surface area is 177 Å². The predicted octanol–water partition coefficient (Wildman–Crippen LogP) is 4.98. The van der Waals surface area contributed by atoms with Gasteiger partial charge in [-0.25, -0.2) is 12.4 Å². The van der Waals surface area contributed by atoms with E-state index in [1.165, 1.54) is 15.1 Å². The lowest BCUT2D eigenvalue weighted by Crippen LogP contribution is -2.13. The van der Waals surface area contributed by atoms with Crippen molar-refractivity contribution in [1.82, 2.24) is 9.29 Å². The van der Waals surface area contributed by atoms with Gasteiger partial charge in [-0.2, -0.15) is 0 Å². The van der Waals surface area contributed by atoms with Crippen molar-refractivity contribution in [2.75, 3.05) is 7.05 Å². The van der Waals surface area contributed by atoms with Crippen LogP contribution in [-0.2, 0) is 10.0 Å². The van der Waals surface area contributed by atoms with Gasteiger partial charge in [0.05, 0.1) is 10.4 Å². The summed E-state index contributed by atoms with van der Waals surface area (Å²) in [6, 6.07) is 23.6. The molecule has 0 aliphatic heterocycles. The molecule has 0 unspecified atom stereocenters. The monoisotopic (exact) mass is 416 g/mol. The summed E-state index contributed by atoms with van der Waals surface area (Å²) >= 11 is 0. The molecule has 0 fully saturated rings. The van der Waals surface area contributed by atoms with E-state index in [0.717, 1.165) is 28.5 Å². The van der Waals surface area contributed by atoms with Crippen LogP contribution in [0.3, 0.4) is 0 Å². The van der Waals surface area contributed by atoms with Gasteiger partial charge in [0, 0.05) is 23.5 Å². The number of aromatic nitrogens is 1. The maximum absolute atomic E-state index is 13.5. The summed E-state index contributed by atoms with van der Waals surface area (Å²) in [4.78, 5) is 0.306. The zero-order valence-corrected chi connectivity index (χ0v) is 17.9. The van der Waals surface area contributed by atoms with Gasteiger partial charge >= 0.3 is 0 Å². The Balaban J connectivity index is 1.71. The molecule has 4 aromatic rings. The smallest absolute Gasteiger partial charge is 0.268 e. The summed E-state index contributed by atoms with van der Waals surface area (Å²) in [5.41, 5.74) is 5.38. The molecule has 0 bridgehead atoms. The second kappa shape index (κ2) is 7.11. The Morgan fingerprint density at radius 2 is 1.53 bits per heavy atom. The Morgan fingerprint density at radius 1 is 0.867 bits per heavy atom. The fourth-order valence-corrected chi connectivity index (χ4v) is 6.06. The third-order valence-electron chi connectivity index (χ3n) is 6.23. The molecule has 4 nitrogen and oxygen atoms in total. The average Bonchev–Trinajstić information content (AvgIpc) is 3.33. The van der Waals surface area contributed by atoms with Crippen LogP contribution in [0.1, 0.15) is 40.6 Å². The Kier molecular flexibility index (Phi) is 4.53. The van der Waals surface area contributed by atoms with Crippen LogP contribution in [0.25, 0.3) is 10.9 Å². The van der Waals surface area contributed by atoms with Crippen molar-refractivity contribution >= 4 is 20.9 Å². The van der Waals surface area contributed by atoms with Crippen molar-refractivity contribution in [1.29, 1.82) is 0 Å². The molecule has 152 valence electrons. The molecule has 0 spiro atoms. The number of benzene rings is 3. The molecular formula is C25H24N2O2S. The van der Waals surface area contributed by atoms with Crippen LogP contribution in [0.15, 0.2) is 83.9 Å². The number of para-hydroxylation sites is 1. The molecule has 1 heterocycles. The first-order valence-electron chi connectivity index (χ1n) is 10.2. The number of hydrogen-bond donors (Lipinski definition) is 1. The van der Waals surface area contributed by atoms with E-state index in [2.05, 4.69) is 29.6 Å². The third-order valence-corrected chi connectivity index (χ3v) is 7.92. The number of hydrogen-bond acceptors (Lipinski definition) is 3. The van der Waals surface area contributed by atoms with Crippen LogP contribution >= 0.6 is 0 Å². The van der Waals surface area contributed by atoms with Gasteiger partial charge in [0.25, 0.3) is 10.0 Å². The second-order valence-corrected chi connectivity index (χ2v) is 9.79. The van der Waals surface area contributed by atoms with Crippen molar-refractivity contribution in [3.63, 3.8) is 0 Å². The van der Waals surface area contributed by atoms with E-state index < -0.39 is 10.0 Å². The van der Waals surface area contributed by atoms with Gasteiger partial charge in [0.2, 0.25) is 0 Å². The molecule has 2 atom stereocenters. The van der Waals surface area contributed by atoms with Crippen LogP contribution in [-0.4, -0.2) is 19.4 Å². The highest BCUT2D eigenvalue weighted by atomic mass is 32.2. The Bertz CT molecular complexity index is 1340. The number of fused-ring (bicyclic) bond motifs is 2. The molecule has 30 heavy (non-hydrogen) atoms. The number of aryl methyl sites for hydroxylation is 1. The molecule has 0 amide bonds. The zero-order valence-electron chi connectivity index (χ0n) is 17.0. The molecule has 0 saturated heterocycles. The fraction of sp³-hybridized carbons (Fsp3) is 0.200. The van der Waals surface area contributed by atoms with E-state index in [9.17, 15) is 8.42 Å². The molecule has 5 heteroatoms. The van der Waals surface area contributed by atoms with Crippen molar-refractivity contribution < 1.29 is 8.42 Å². The second-order valence-electron chi connectivity index (χ2n) is 7.97. The lowest BCUT2D eigenvalue weighted by atomic mass is 9.93. The van der Waals surface area contributed by atoms with E-state index in [0.29, 0.717) is 4.90 Å². The topological polar surface area (TPSA) is 51.1 Å². The zero-order chi connectivity index (χ0) is 20.9. The first-order valence-corrected chi connectivity index (χ1v) is 11.6. The predicted molar refractivity (Wildman–Crippen MR) is 120 cm³/mol. The van der Waals surface area contributed by atoms with Gasteiger partial charge < -0.3 is 5.32 Å². The van der Waals surface area contributed by atoms with Gasteiger partial charge in [-0.05, 0) is 55.3 Å². The largest absolute Gasteiger partial charge is 0.313 e. The highest BCUT2D eigenvalue weighted by Crippen LogP contribution is 2.46. The molecule has 1 N–H and O–H groups in total. The first kappa shape index (κ1) is 19.1. The maximum atomic E-state index is 13.5. The van der Waals surface area contributed by atoms with Gasteiger partial charge in [-0.3, -0.25) is 0 Å². The van der Waals surface area contributed by atoms with E-state index in [1.807, 2.05) is 56.6 Å². The van der Waals surface area contributed by atoms with E-state index >= 15 is 0 Å². The first-order chi connectivity index (χ1) is 14.5. The molecular weight excluding hydrogens is 392 g/mol. The number of nitrogens with one attached hydrogen (secondary N) is 1. The molecule has 3 aromatic carbocycles. The van der Waals surface area contributed by atoms with Crippen LogP contribution in [0.5, 0.6) is 0 Å². The maximum Gasteiger partial charge on any atom is 0.268 e. The van der Waals surface area contributed by atoms with Crippen molar-refractivity contribution in [2.45, 2.75) is 30.2 Å². The van der Waals surface area contributed by atoms with Crippen LogP contribution < -0.4 is 5.32 Å². The van der Waals surface area contributed by atoms with Crippen molar-refractivity contribution in [2.24, 2.45) is 0 Å². The van der Waals surface area contributed by atoms with E-state index in [4.69, 9.17) is 0 Å². The molecule has 1 aliphatic carbocycles. The lowest BCUT2D eigenvalue weighted by molar-refractivity contribution is 0.565. The van der Waals surface area contributed by atoms with Crippen molar-refractivity contribution in [3.8, 4) is 0 Å². The minimum Gasteiger partial charge on any atom is -0.313 e. The van der Waals surface area contributed by atoms with Gasteiger partial charge in [0.1, 0.15) is 0 Å². The van der Waals surface area contributed by atoms with Gasteiger partial charge in [-0.15, -0.1) is 0 Å². The fourth-order valence-electron chi connectivity index (χ4n) is 4.68. The Morgan fingerprint density at radius 3 is 2.27 bits per heavy atom. The highest BCUT2D eigenvalue weighted by Gasteiger charge is 2.33. The third kappa shape index (κ3) is 2.89. The van der Waals surface area contributed by atoms with E-state index in [1.54, 1.807) is 12.1 Å². The van der Waals surface area contributed by atoms with Crippen LogP contribution in [0.4, 0.5) is 0 Å². The summed E-state index contributed by atoms with van der Waals surface area (Å²) in [6.07, 6.45) is 2.74. The standard InChI is InChI=1S/C25H24N2O2S/c1-17-11-13-18(14-12-17)30(28,29)27-16-23(21-9-5-6-10-25(21)27)22-15-24(26-2)20-8-4-3-7-19(20)22/h3-14,16,22,24,26H,15H2,1-2H3/t22-,24-/m1/s1. The number of rotatable bonds is 4. The average molecular weight is 417 g/mol. The normalized spacial score (nSPS) is 18.6. The lowest BCUT2D eigenvalue weighted by Gasteiger charge is -2.11. The SMILES string of the molecule is CN[C@@H]1C[C@@H](c2cn(S(=O)(=O)c3ccc(C)cc3)c3ccccc23)c2ccccc21. The minimum atomic E-state index is -3.69. The molecule has 0 saturated carbocycles. The number of nitrogens with zero attached hydrogens (tertiary/aromatic N) is 1. The minimum absolute atomic E-state index is 0.151. The molecule has 5 rings (SSSR count). The van der Waals surface area contributed by atoms with E-state index in [-0.39, 0.29) is 12.0 Å². The summed E-state index contributed by atoms with van der Waals surface area (Å²) in [6.45, 7) is 1.95. The Hall–Kier alpha value is -2.89. The van der Waals surface area contributed by atoms with Crippen LogP contribution in [0, 0.1) is 6.92 Å². The van der Waals surface area contributed by atoms with Crippen LogP contribution in [0.2, 0.25) is 0 Å². The van der Waals surface area contributed by atoms with Crippen molar-refractivity contribution in [3.05, 3.63) is 101 Å². The summed E-state index contributed by atoms with van der Waals surface area (Å²) < 4.78 is 28.5. The summed E-state index contributed by atoms with van der Waals surface area (Å²) in [7, 11) is -1.71. The van der Waals surface area contributed by atoms with Gasteiger partial charge in [0.15, 0.2) is 0 Å². The molecule has 1 aliphatic rings. The summed E-state index contributed by atoms with van der Waals surface area (Å²) in [5.74, 6) is 0.151. The molecule has 0 radical (unpaired) electrons. The van der Waals surface area contributed by atoms with Gasteiger partial charge in [-0.1, -0.05) is 60.2 Å². The molecule has 1 aromatic heterocycles. The highest BCUT2D eigenvalue weighted by molar-refractivity contribution is 7.90.